The molecule has 0 unspecified atom stereocenters. The molecule has 3 rings (SSSR count). The summed E-state index contributed by atoms with van der Waals surface area (Å²) in [6.45, 7) is 0. The van der Waals surface area contributed by atoms with Crippen LogP contribution in [0.1, 0.15) is 46.9 Å². The number of hydrogen-bond acceptors (Lipinski definition) is 2. The van der Waals surface area contributed by atoms with E-state index in [1.807, 2.05) is 19.2 Å². The third-order valence-corrected chi connectivity index (χ3v) is 3.77. The van der Waals surface area contributed by atoms with Crippen LogP contribution in [0.4, 0.5) is 0 Å². The highest BCUT2D eigenvalue weighted by atomic mass is 16.1. The molecule has 1 heterocycles. The van der Waals surface area contributed by atoms with E-state index in [1.165, 1.54) is 24.8 Å². The number of carbonyl (C=O) groups is 1. The second-order valence-corrected chi connectivity index (χ2v) is 4.94. The van der Waals surface area contributed by atoms with Gasteiger partial charge in [0.05, 0.1) is 0 Å². The summed E-state index contributed by atoms with van der Waals surface area (Å²) in [4.78, 5) is 16.3. The minimum Gasteiger partial charge on any atom is -0.331 e. The highest BCUT2D eigenvalue weighted by molar-refractivity contribution is 6.06. The fraction of sp³-hybridized carbons (Fsp3) is 0.333. The lowest BCUT2D eigenvalue weighted by molar-refractivity contribution is 0.102. The molecule has 3 nitrogen and oxygen atoms in total. The van der Waals surface area contributed by atoms with Crippen LogP contribution in [-0.2, 0) is 7.05 Å². The zero-order valence-electron chi connectivity index (χ0n) is 10.5. The molecule has 0 bridgehead atoms. The number of hydrogen-bond donors (Lipinski definition) is 0. The van der Waals surface area contributed by atoms with Crippen LogP contribution in [0.25, 0.3) is 0 Å². The standard InChI is InChI=1S/C15H16N2O/c1-17-10-9-16-15(17)14(18)13-7-5-12(6-8-13)11-3-2-4-11/h5-11H,2-4H2,1H3. The van der Waals surface area contributed by atoms with Crippen LogP contribution in [0.2, 0.25) is 0 Å². The van der Waals surface area contributed by atoms with Crippen LogP contribution in [0.15, 0.2) is 36.7 Å². The van der Waals surface area contributed by atoms with Crippen molar-refractivity contribution in [3.8, 4) is 0 Å². The second kappa shape index (κ2) is 4.41. The highest BCUT2D eigenvalue weighted by Crippen LogP contribution is 2.36. The van der Waals surface area contributed by atoms with Crippen molar-refractivity contribution in [2.24, 2.45) is 7.05 Å². The zero-order valence-corrected chi connectivity index (χ0v) is 10.5. The van der Waals surface area contributed by atoms with E-state index in [-0.39, 0.29) is 5.78 Å². The van der Waals surface area contributed by atoms with Crippen LogP contribution in [0.3, 0.4) is 0 Å². The summed E-state index contributed by atoms with van der Waals surface area (Å²) < 4.78 is 1.75. The van der Waals surface area contributed by atoms with E-state index in [2.05, 4.69) is 17.1 Å². The van der Waals surface area contributed by atoms with Crippen molar-refractivity contribution < 1.29 is 4.79 Å². The Bertz CT molecular complexity index is 564. The summed E-state index contributed by atoms with van der Waals surface area (Å²) in [6.07, 6.45) is 7.34. The molecule has 0 radical (unpaired) electrons. The molecule has 1 aromatic carbocycles. The van der Waals surface area contributed by atoms with E-state index in [4.69, 9.17) is 0 Å². The van der Waals surface area contributed by atoms with E-state index in [0.717, 1.165) is 0 Å². The summed E-state index contributed by atoms with van der Waals surface area (Å²) in [7, 11) is 1.84. The summed E-state index contributed by atoms with van der Waals surface area (Å²) in [5.41, 5.74) is 2.07. The fourth-order valence-corrected chi connectivity index (χ4v) is 2.36. The molecule has 0 N–H and O–H groups in total. The molecule has 0 amide bonds. The number of carbonyl (C=O) groups excluding carboxylic acids is 1. The number of nitrogens with zero attached hydrogens (tertiary/aromatic N) is 2. The van der Waals surface area contributed by atoms with Gasteiger partial charge in [-0.1, -0.05) is 30.7 Å². The van der Waals surface area contributed by atoms with Gasteiger partial charge in [-0.3, -0.25) is 4.79 Å². The molecule has 2 aromatic rings. The average Bonchev–Trinajstić information content (AvgIpc) is 2.73. The molecule has 0 spiro atoms. The lowest BCUT2D eigenvalue weighted by atomic mass is 9.80. The topological polar surface area (TPSA) is 34.9 Å². The molecule has 3 heteroatoms. The van der Waals surface area contributed by atoms with Crippen molar-refractivity contribution in [3.63, 3.8) is 0 Å². The van der Waals surface area contributed by atoms with Crippen molar-refractivity contribution in [1.82, 2.24) is 9.55 Å². The van der Waals surface area contributed by atoms with Gasteiger partial charge in [-0.05, 0) is 24.3 Å². The Morgan fingerprint density at radius 2 is 2.00 bits per heavy atom. The summed E-state index contributed by atoms with van der Waals surface area (Å²) >= 11 is 0. The Kier molecular flexibility index (Phi) is 2.74. The molecule has 0 saturated heterocycles. The molecule has 1 aromatic heterocycles. The van der Waals surface area contributed by atoms with Crippen LogP contribution in [0, 0.1) is 0 Å². The number of aromatic nitrogens is 2. The quantitative estimate of drug-likeness (QED) is 0.773. The van der Waals surface area contributed by atoms with Gasteiger partial charge in [0, 0.05) is 25.0 Å². The minimum absolute atomic E-state index is 0.0114. The van der Waals surface area contributed by atoms with Gasteiger partial charge in [-0.2, -0.15) is 0 Å². The summed E-state index contributed by atoms with van der Waals surface area (Å²) in [5.74, 6) is 1.19. The van der Waals surface area contributed by atoms with Crippen LogP contribution < -0.4 is 0 Å². The van der Waals surface area contributed by atoms with Crippen molar-refractivity contribution in [2.75, 3.05) is 0 Å². The molecular formula is C15H16N2O. The molecule has 1 aliphatic carbocycles. The minimum atomic E-state index is -0.0114. The maximum absolute atomic E-state index is 12.2. The van der Waals surface area contributed by atoms with Gasteiger partial charge in [0.2, 0.25) is 5.78 Å². The molecular weight excluding hydrogens is 224 g/mol. The maximum atomic E-state index is 12.2. The van der Waals surface area contributed by atoms with Gasteiger partial charge in [0.15, 0.2) is 5.82 Å². The van der Waals surface area contributed by atoms with E-state index in [9.17, 15) is 4.79 Å². The Morgan fingerprint density at radius 3 is 2.50 bits per heavy atom. The predicted octanol–water partition coefficient (Wildman–Crippen LogP) is 2.92. The molecule has 1 saturated carbocycles. The van der Waals surface area contributed by atoms with Gasteiger partial charge in [0.1, 0.15) is 0 Å². The molecule has 0 aliphatic heterocycles. The van der Waals surface area contributed by atoms with Crippen molar-refractivity contribution in [1.29, 1.82) is 0 Å². The monoisotopic (exact) mass is 240 g/mol. The largest absolute Gasteiger partial charge is 0.331 e. The number of aryl methyl sites for hydroxylation is 1. The van der Waals surface area contributed by atoms with Gasteiger partial charge in [0.25, 0.3) is 0 Å². The number of rotatable bonds is 3. The molecule has 18 heavy (non-hydrogen) atoms. The Balaban J connectivity index is 1.84. The maximum Gasteiger partial charge on any atom is 0.228 e. The molecule has 0 atom stereocenters. The average molecular weight is 240 g/mol. The van der Waals surface area contributed by atoms with Crippen molar-refractivity contribution in [2.45, 2.75) is 25.2 Å². The fourth-order valence-electron chi connectivity index (χ4n) is 2.36. The highest BCUT2D eigenvalue weighted by Gasteiger charge is 2.20. The second-order valence-electron chi connectivity index (χ2n) is 4.94. The van der Waals surface area contributed by atoms with E-state index < -0.39 is 0 Å². The normalized spacial score (nSPS) is 15.4. The van der Waals surface area contributed by atoms with Gasteiger partial charge < -0.3 is 4.57 Å². The van der Waals surface area contributed by atoms with Gasteiger partial charge in [-0.25, -0.2) is 4.98 Å². The summed E-state index contributed by atoms with van der Waals surface area (Å²) in [5, 5.41) is 0. The van der Waals surface area contributed by atoms with Gasteiger partial charge in [-0.15, -0.1) is 0 Å². The zero-order chi connectivity index (χ0) is 12.5. The van der Waals surface area contributed by atoms with Crippen molar-refractivity contribution in [3.05, 3.63) is 53.6 Å². The lowest BCUT2D eigenvalue weighted by Gasteiger charge is -2.25. The molecule has 1 fully saturated rings. The van der Waals surface area contributed by atoms with Crippen molar-refractivity contribution >= 4 is 5.78 Å². The molecule has 92 valence electrons. The molecule has 1 aliphatic rings. The first-order valence-electron chi connectivity index (χ1n) is 6.37. The first kappa shape index (κ1) is 11.2. The van der Waals surface area contributed by atoms with Crippen LogP contribution in [-0.4, -0.2) is 15.3 Å². The van der Waals surface area contributed by atoms with E-state index >= 15 is 0 Å². The number of ketones is 1. The van der Waals surface area contributed by atoms with Gasteiger partial charge >= 0.3 is 0 Å². The first-order chi connectivity index (χ1) is 8.75. The number of benzene rings is 1. The lowest BCUT2D eigenvalue weighted by Crippen LogP contribution is -2.11. The predicted molar refractivity (Wildman–Crippen MR) is 69.7 cm³/mol. The SMILES string of the molecule is Cn1ccnc1C(=O)c1ccc(C2CCC2)cc1. The smallest absolute Gasteiger partial charge is 0.228 e. The van der Waals surface area contributed by atoms with Crippen LogP contribution >= 0.6 is 0 Å². The Labute approximate surface area is 106 Å². The Hall–Kier alpha value is -1.90. The number of imidazole rings is 1. The third kappa shape index (κ3) is 1.86. The first-order valence-corrected chi connectivity index (χ1v) is 6.37. The third-order valence-electron chi connectivity index (χ3n) is 3.77. The van der Waals surface area contributed by atoms with E-state index in [0.29, 0.717) is 17.3 Å². The summed E-state index contributed by atoms with van der Waals surface area (Å²) in [6, 6.07) is 8.01. The van der Waals surface area contributed by atoms with Crippen LogP contribution in [0.5, 0.6) is 0 Å². The van der Waals surface area contributed by atoms with E-state index in [1.54, 1.807) is 17.0 Å². The Morgan fingerprint density at radius 1 is 1.28 bits per heavy atom.